The van der Waals surface area contributed by atoms with Gasteiger partial charge in [0.05, 0.1) is 30.5 Å². The Hall–Kier alpha value is -1.05. The number of carbonyl (C=O) groups is 3. The lowest BCUT2D eigenvalue weighted by Gasteiger charge is -2.40. The lowest BCUT2D eigenvalue weighted by atomic mass is 9.65. The predicted molar refractivity (Wildman–Crippen MR) is 139 cm³/mol. The number of hydrogen-bond donors (Lipinski definition) is 3. The summed E-state index contributed by atoms with van der Waals surface area (Å²) in [5.74, 6) is -2.19. The van der Waals surface area contributed by atoms with Crippen molar-refractivity contribution in [3.8, 4) is 0 Å². The first-order valence-corrected chi connectivity index (χ1v) is 14.4. The highest BCUT2D eigenvalue weighted by Gasteiger charge is 2.58. The molecule has 0 spiro atoms. The van der Waals surface area contributed by atoms with E-state index < -0.39 is 34.7 Å². The van der Waals surface area contributed by atoms with Gasteiger partial charge in [0, 0.05) is 22.7 Å². The highest BCUT2D eigenvalue weighted by Crippen LogP contribution is 2.56. The Morgan fingerprint density at radius 3 is 2.11 bits per heavy atom. The summed E-state index contributed by atoms with van der Waals surface area (Å²) in [6.07, 6.45) is 8.19. The minimum Gasteiger partial charge on any atom is -0.481 e. The van der Waals surface area contributed by atoms with E-state index in [4.69, 9.17) is 27.9 Å². The molecule has 0 aromatic carbocycles. The van der Waals surface area contributed by atoms with Crippen LogP contribution < -0.4 is 5.32 Å². The maximum atomic E-state index is 13.4. The topological polar surface area (TPSA) is 113 Å². The molecular weight excluding hydrogens is 505 g/mol. The van der Waals surface area contributed by atoms with Crippen molar-refractivity contribution in [2.45, 2.75) is 114 Å². The van der Waals surface area contributed by atoms with Crippen LogP contribution in [-0.2, 0) is 19.1 Å². The number of carboxylic acids is 2. The third-order valence-corrected chi connectivity index (χ3v) is 10.7. The fourth-order valence-electron chi connectivity index (χ4n) is 6.64. The van der Waals surface area contributed by atoms with Crippen molar-refractivity contribution < 1.29 is 29.3 Å². The number of aliphatic carboxylic acids is 2. The summed E-state index contributed by atoms with van der Waals surface area (Å²) in [6, 6.07) is -0.481. The van der Waals surface area contributed by atoms with E-state index in [2.05, 4.69) is 5.32 Å². The molecule has 0 aromatic heterocycles. The van der Waals surface area contributed by atoms with Gasteiger partial charge >= 0.3 is 11.9 Å². The molecule has 3 fully saturated rings. The third kappa shape index (κ3) is 6.68. The first-order valence-electron chi connectivity index (χ1n) is 13.5. The van der Waals surface area contributed by atoms with Crippen LogP contribution in [0.25, 0.3) is 0 Å². The number of carbonyl (C=O) groups excluding carboxylic acids is 1. The molecule has 9 heteroatoms. The van der Waals surface area contributed by atoms with Crippen LogP contribution in [0.2, 0.25) is 0 Å². The monoisotopic (exact) mass is 547 g/mol. The van der Waals surface area contributed by atoms with Gasteiger partial charge in [-0.3, -0.25) is 14.4 Å². The average molecular weight is 549 g/mol. The van der Waals surface area contributed by atoms with E-state index in [9.17, 15) is 24.6 Å². The molecule has 3 aliphatic carbocycles. The van der Waals surface area contributed by atoms with Crippen molar-refractivity contribution in [1.29, 1.82) is 0 Å². The van der Waals surface area contributed by atoms with Crippen molar-refractivity contribution in [2.24, 2.45) is 28.6 Å². The van der Waals surface area contributed by atoms with Crippen LogP contribution in [0.5, 0.6) is 0 Å². The number of carboxylic acid groups (broad SMARTS) is 2. The second-order valence-electron chi connectivity index (χ2n) is 12.1. The molecule has 0 heterocycles. The van der Waals surface area contributed by atoms with Crippen molar-refractivity contribution in [1.82, 2.24) is 5.32 Å². The first kappa shape index (κ1) is 29.5. The number of hydrogen-bond acceptors (Lipinski definition) is 4. The molecule has 7 nitrogen and oxygen atoms in total. The molecule has 0 bridgehead atoms. The lowest BCUT2D eigenvalue weighted by molar-refractivity contribution is -0.149. The zero-order valence-corrected chi connectivity index (χ0v) is 23.3. The third-order valence-electron chi connectivity index (χ3n) is 9.61. The van der Waals surface area contributed by atoms with E-state index in [1.807, 2.05) is 20.8 Å². The van der Waals surface area contributed by atoms with E-state index in [0.29, 0.717) is 31.8 Å². The highest BCUT2D eigenvalue weighted by molar-refractivity contribution is 6.24. The molecule has 2 unspecified atom stereocenters. The fraction of sp³-hybridized carbons (Fsp3) is 0.889. The lowest BCUT2D eigenvalue weighted by Crippen LogP contribution is -2.51. The minimum atomic E-state index is -0.949. The molecule has 3 aliphatic rings. The number of rotatable bonds is 10. The molecule has 5 atom stereocenters. The van der Waals surface area contributed by atoms with Gasteiger partial charge in [-0.25, -0.2) is 0 Å². The van der Waals surface area contributed by atoms with Crippen LogP contribution in [0.15, 0.2) is 0 Å². The van der Waals surface area contributed by atoms with Gasteiger partial charge in [-0.05, 0) is 69.1 Å². The van der Waals surface area contributed by atoms with Gasteiger partial charge in [0.15, 0.2) is 0 Å². The van der Waals surface area contributed by atoms with Crippen LogP contribution in [-0.4, -0.2) is 57.6 Å². The van der Waals surface area contributed by atoms with E-state index in [-0.39, 0.29) is 35.1 Å². The van der Waals surface area contributed by atoms with E-state index in [1.165, 1.54) is 0 Å². The minimum absolute atomic E-state index is 0.0652. The van der Waals surface area contributed by atoms with Crippen molar-refractivity contribution in [2.75, 3.05) is 6.61 Å². The SMILES string of the molecule is CC1(C)[C@@H](C(=O)O)CC[C@@]1(C)C(=O)N[C@H](CC(=O)O)CC1CCC(OCC2C(Cl)CCCC2Cl)CC1. The van der Waals surface area contributed by atoms with E-state index >= 15 is 0 Å². The Balaban J connectivity index is 1.52. The van der Waals surface area contributed by atoms with Gasteiger partial charge in [0.2, 0.25) is 5.91 Å². The Morgan fingerprint density at radius 1 is 0.972 bits per heavy atom. The first-order chi connectivity index (χ1) is 16.8. The van der Waals surface area contributed by atoms with Crippen LogP contribution in [0.1, 0.15) is 91.4 Å². The molecule has 1 amide bonds. The standard InChI is InChI=1S/C27H43Cl2NO6/c1-26(2)20(24(33)34)11-12-27(26,3)25(35)30-17(14-23(31)32)13-16-7-9-18(10-8-16)36-15-19-21(28)5-4-6-22(19)29/h16-22H,4-15H2,1-3H3,(H,30,35)(H,31,32)(H,33,34)/t16?,17-,18?,19?,20+,21?,22?,27-/m0/s1. The quantitative estimate of drug-likeness (QED) is 0.313. The molecule has 0 aromatic rings. The zero-order valence-electron chi connectivity index (χ0n) is 21.8. The second kappa shape index (κ2) is 12.2. The summed E-state index contributed by atoms with van der Waals surface area (Å²) in [6.45, 7) is 6.06. The van der Waals surface area contributed by atoms with Crippen LogP contribution in [0, 0.1) is 28.6 Å². The summed E-state index contributed by atoms with van der Waals surface area (Å²) in [4.78, 5) is 36.7. The van der Waals surface area contributed by atoms with Crippen molar-refractivity contribution >= 4 is 41.0 Å². The number of halogens is 2. The zero-order chi connectivity index (χ0) is 26.7. The number of alkyl halides is 2. The van der Waals surface area contributed by atoms with E-state index in [0.717, 1.165) is 44.9 Å². The van der Waals surface area contributed by atoms with Crippen molar-refractivity contribution in [3.05, 3.63) is 0 Å². The summed E-state index contributed by atoms with van der Waals surface area (Å²) < 4.78 is 6.20. The van der Waals surface area contributed by atoms with E-state index in [1.54, 1.807) is 0 Å². The van der Waals surface area contributed by atoms with Gasteiger partial charge in [-0.2, -0.15) is 0 Å². The van der Waals surface area contributed by atoms with Crippen molar-refractivity contribution in [3.63, 3.8) is 0 Å². The molecular formula is C27H43Cl2NO6. The maximum absolute atomic E-state index is 13.4. The molecule has 3 saturated carbocycles. The molecule has 0 aliphatic heterocycles. The van der Waals surface area contributed by atoms with Crippen LogP contribution in [0.4, 0.5) is 0 Å². The van der Waals surface area contributed by atoms with Gasteiger partial charge in [0.25, 0.3) is 0 Å². The number of ether oxygens (including phenoxy) is 1. The maximum Gasteiger partial charge on any atom is 0.307 e. The average Bonchev–Trinajstić information content (AvgIpc) is 3.04. The molecule has 206 valence electrons. The smallest absolute Gasteiger partial charge is 0.307 e. The molecule has 0 radical (unpaired) electrons. The predicted octanol–water partition coefficient (Wildman–Crippen LogP) is 5.45. The largest absolute Gasteiger partial charge is 0.481 e. The summed E-state index contributed by atoms with van der Waals surface area (Å²) in [5, 5.41) is 22.2. The Kier molecular flexibility index (Phi) is 10.0. The Bertz CT molecular complexity index is 789. The Labute approximate surface area is 225 Å². The van der Waals surface area contributed by atoms with Gasteiger partial charge in [-0.1, -0.05) is 27.2 Å². The van der Waals surface area contributed by atoms with Gasteiger partial charge < -0.3 is 20.3 Å². The Morgan fingerprint density at radius 2 is 1.58 bits per heavy atom. The summed E-state index contributed by atoms with van der Waals surface area (Å²) >= 11 is 13.0. The molecule has 36 heavy (non-hydrogen) atoms. The fourth-order valence-corrected chi connectivity index (χ4v) is 7.52. The highest BCUT2D eigenvalue weighted by atomic mass is 35.5. The summed E-state index contributed by atoms with van der Waals surface area (Å²) in [7, 11) is 0. The number of nitrogens with one attached hydrogen (secondary N) is 1. The second-order valence-corrected chi connectivity index (χ2v) is 13.2. The molecule has 3 N–H and O–H groups in total. The molecule has 0 saturated heterocycles. The van der Waals surface area contributed by atoms with Gasteiger partial charge in [0.1, 0.15) is 0 Å². The molecule has 3 rings (SSSR count). The van der Waals surface area contributed by atoms with Crippen LogP contribution in [0.3, 0.4) is 0 Å². The number of amides is 1. The van der Waals surface area contributed by atoms with Gasteiger partial charge in [-0.15, -0.1) is 23.2 Å². The summed E-state index contributed by atoms with van der Waals surface area (Å²) in [5.41, 5.74) is -1.59. The van der Waals surface area contributed by atoms with Crippen LogP contribution >= 0.6 is 23.2 Å². The normalized spacial score (nSPS) is 37.2.